The summed E-state index contributed by atoms with van der Waals surface area (Å²) in [6, 6.07) is 12.2. The van der Waals surface area contributed by atoms with E-state index in [0.29, 0.717) is 24.4 Å². The number of phenolic OH excluding ortho intramolecular Hbond substituents is 1. The van der Waals surface area contributed by atoms with Gasteiger partial charge in [-0.1, -0.05) is 28.1 Å². The van der Waals surface area contributed by atoms with Gasteiger partial charge in [-0.3, -0.25) is 14.5 Å². The molecule has 0 aliphatic carbocycles. The molecule has 2 aromatic carbocycles. The Morgan fingerprint density at radius 1 is 1.24 bits per heavy atom. The molecule has 7 heteroatoms. The lowest BCUT2D eigenvalue weighted by atomic mass is 10.1. The van der Waals surface area contributed by atoms with Crippen molar-refractivity contribution in [2.45, 2.75) is 6.42 Å². The molecule has 130 valence electrons. The summed E-state index contributed by atoms with van der Waals surface area (Å²) in [5.74, 6) is 0.307. The van der Waals surface area contributed by atoms with E-state index in [1.54, 1.807) is 42.5 Å². The number of ether oxygens (including phenoxy) is 1. The quantitative estimate of drug-likeness (QED) is 0.800. The monoisotopic (exact) mass is 404 g/mol. The second-order valence-electron chi connectivity index (χ2n) is 5.65. The van der Waals surface area contributed by atoms with Gasteiger partial charge in [0, 0.05) is 11.0 Å². The van der Waals surface area contributed by atoms with E-state index in [1.807, 2.05) is 0 Å². The molecule has 0 radical (unpaired) electrons. The second-order valence-corrected chi connectivity index (χ2v) is 6.56. The minimum Gasteiger partial charge on any atom is -0.508 e. The third-order valence-electron chi connectivity index (χ3n) is 3.84. The Labute approximate surface area is 153 Å². The minimum absolute atomic E-state index is 0.0492. The molecular weight excluding hydrogens is 388 g/mol. The summed E-state index contributed by atoms with van der Waals surface area (Å²) in [5, 5.41) is 12.1. The van der Waals surface area contributed by atoms with Gasteiger partial charge in [0.25, 0.3) is 5.91 Å². The van der Waals surface area contributed by atoms with Gasteiger partial charge in [0.2, 0.25) is 5.91 Å². The van der Waals surface area contributed by atoms with E-state index in [9.17, 15) is 14.7 Å². The summed E-state index contributed by atoms with van der Waals surface area (Å²) in [7, 11) is 0. The van der Waals surface area contributed by atoms with Crippen molar-refractivity contribution in [3.8, 4) is 11.5 Å². The molecule has 2 aromatic rings. The predicted octanol–water partition coefficient (Wildman–Crippen LogP) is 2.24. The number of benzene rings is 2. The van der Waals surface area contributed by atoms with Crippen molar-refractivity contribution >= 4 is 33.4 Å². The van der Waals surface area contributed by atoms with Crippen LogP contribution < -0.4 is 15.0 Å². The van der Waals surface area contributed by atoms with Gasteiger partial charge in [-0.25, -0.2) is 0 Å². The Kier molecular flexibility index (Phi) is 5.23. The fourth-order valence-electron chi connectivity index (χ4n) is 2.56. The van der Waals surface area contributed by atoms with Gasteiger partial charge in [0.05, 0.1) is 5.69 Å². The van der Waals surface area contributed by atoms with E-state index < -0.39 is 0 Å². The Morgan fingerprint density at radius 2 is 2.00 bits per heavy atom. The van der Waals surface area contributed by atoms with Crippen molar-refractivity contribution in [1.29, 1.82) is 0 Å². The molecule has 3 rings (SSSR count). The molecule has 0 aromatic heterocycles. The summed E-state index contributed by atoms with van der Waals surface area (Å²) < 4.78 is 6.25. The molecule has 1 aliphatic rings. The lowest BCUT2D eigenvalue weighted by Gasteiger charge is -2.29. The maximum Gasteiger partial charge on any atom is 0.265 e. The van der Waals surface area contributed by atoms with Crippen molar-refractivity contribution < 1.29 is 19.4 Å². The lowest BCUT2D eigenvalue weighted by Crippen LogP contribution is -2.45. The number of fused-ring (bicyclic) bond motifs is 1. The largest absolute Gasteiger partial charge is 0.508 e. The number of carbonyl (C=O) groups excluding carboxylic acids is 2. The van der Waals surface area contributed by atoms with Crippen LogP contribution >= 0.6 is 15.9 Å². The van der Waals surface area contributed by atoms with Crippen LogP contribution in [0.25, 0.3) is 0 Å². The molecule has 0 fully saturated rings. The number of amides is 2. The Bertz CT molecular complexity index is 792. The van der Waals surface area contributed by atoms with Gasteiger partial charge >= 0.3 is 0 Å². The van der Waals surface area contributed by atoms with Crippen molar-refractivity contribution in [3.05, 3.63) is 52.5 Å². The first-order valence-corrected chi connectivity index (χ1v) is 8.59. The number of phenols is 1. The van der Waals surface area contributed by atoms with Gasteiger partial charge in [-0.15, -0.1) is 0 Å². The Balaban J connectivity index is 1.57. The maximum absolute atomic E-state index is 12.2. The van der Waals surface area contributed by atoms with Crippen LogP contribution in [0.1, 0.15) is 5.56 Å². The molecule has 2 N–H and O–H groups in total. The molecule has 0 bridgehead atoms. The molecule has 0 atom stereocenters. The Hall–Kier alpha value is -2.54. The molecule has 0 unspecified atom stereocenters. The first kappa shape index (κ1) is 17.3. The van der Waals surface area contributed by atoms with Crippen LogP contribution in [0.5, 0.6) is 11.5 Å². The van der Waals surface area contributed by atoms with E-state index in [4.69, 9.17) is 4.74 Å². The molecule has 0 saturated carbocycles. The number of rotatable bonds is 5. The molecule has 25 heavy (non-hydrogen) atoms. The molecule has 2 amide bonds. The number of nitrogens with zero attached hydrogens (tertiary/aromatic N) is 1. The van der Waals surface area contributed by atoms with E-state index >= 15 is 0 Å². The van der Waals surface area contributed by atoms with Gasteiger partial charge in [0.15, 0.2) is 6.61 Å². The van der Waals surface area contributed by atoms with Crippen molar-refractivity contribution in [3.63, 3.8) is 0 Å². The van der Waals surface area contributed by atoms with E-state index in [1.165, 1.54) is 4.90 Å². The zero-order valence-electron chi connectivity index (χ0n) is 13.4. The van der Waals surface area contributed by atoms with Crippen molar-refractivity contribution in [1.82, 2.24) is 5.32 Å². The van der Waals surface area contributed by atoms with E-state index in [2.05, 4.69) is 21.2 Å². The first-order valence-electron chi connectivity index (χ1n) is 7.80. The first-order chi connectivity index (χ1) is 12.0. The summed E-state index contributed by atoms with van der Waals surface area (Å²) in [6.45, 7) is 0.325. The normalized spacial score (nSPS) is 13.2. The summed E-state index contributed by atoms with van der Waals surface area (Å²) in [6.07, 6.45) is 0.645. The highest BCUT2D eigenvalue weighted by Crippen LogP contribution is 2.34. The number of carbonyl (C=O) groups is 2. The number of anilines is 1. The van der Waals surface area contributed by atoms with Crippen molar-refractivity contribution in [2.75, 3.05) is 24.6 Å². The summed E-state index contributed by atoms with van der Waals surface area (Å²) in [5.41, 5.74) is 1.60. The fraction of sp³-hybridized carbons (Fsp3) is 0.222. The minimum atomic E-state index is -0.247. The Morgan fingerprint density at radius 3 is 2.76 bits per heavy atom. The maximum atomic E-state index is 12.2. The molecule has 1 aliphatic heterocycles. The summed E-state index contributed by atoms with van der Waals surface area (Å²) >= 11 is 3.36. The van der Waals surface area contributed by atoms with Crippen LogP contribution in [-0.2, 0) is 16.0 Å². The molecule has 0 saturated heterocycles. The fourth-order valence-corrected chi connectivity index (χ4v) is 2.90. The molecule has 6 nitrogen and oxygen atoms in total. The average Bonchev–Trinajstić information content (AvgIpc) is 2.59. The highest BCUT2D eigenvalue weighted by Gasteiger charge is 2.27. The zero-order chi connectivity index (χ0) is 17.8. The van der Waals surface area contributed by atoms with Crippen LogP contribution in [0.2, 0.25) is 0 Å². The number of hydrogen-bond acceptors (Lipinski definition) is 4. The van der Waals surface area contributed by atoms with Crippen LogP contribution in [0.15, 0.2) is 46.9 Å². The SMILES string of the molecule is O=C(CN1C(=O)COc2cc(Br)ccc21)NCCc1ccc(O)cc1. The zero-order valence-corrected chi connectivity index (χ0v) is 15.0. The standard InChI is InChI=1S/C18H17BrN2O4/c19-13-3-6-15-16(9-13)25-11-18(24)21(15)10-17(23)20-8-7-12-1-4-14(22)5-2-12/h1-6,9,22H,7-8,10-11H2,(H,20,23). The average molecular weight is 405 g/mol. The van der Waals surface area contributed by atoms with Crippen LogP contribution in [0.3, 0.4) is 0 Å². The van der Waals surface area contributed by atoms with Crippen molar-refractivity contribution in [2.24, 2.45) is 0 Å². The van der Waals surface area contributed by atoms with Crippen LogP contribution in [0, 0.1) is 0 Å². The predicted molar refractivity (Wildman–Crippen MR) is 96.8 cm³/mol. The third-order valence-corrected chi connectivity index (χ3v) is 4.33. The second kappa shape index (κ2) is 7.57. The van der Waals surface area contributed by atoms with E-state index in [0.717, 1.165) is 10.0 Å². The van der Waals surface area contributed by atoms with E-state index in [-0.39, 0.29) is 30.7 Å². The van der Waals surface area contributed by atoms with Gasteiger partial charge in [-0.2, -0.15) is 0 Å². The number of aromatic hydroxyl groups is 1. The molecule has 1 heterocycles. The highest BCUT2D eigenvalue weighted by molar-refractivity contribution is 9.10. The molecular formula is C18H17BrN2O4. The summed E-state index contributed by atoms with van der Waals surface area (Å²) in [4.78, 5) is 25.7. The molecule has 0 spiro atoms. The smallest absolute Gasteiger partial charge is 0.265 e. The highest BCUT2D eigenvalue weighted by atomic mass is 79.9. The number of nitrogens with one attached hydrogen (secondary N) is 1. The van der Waals surface area contributed by atoms with Gasteiger partial charge in [-0.05, 0) is 42.3 Å². The van der Waals surface area contributed by atoms with Gasteiger partial charge < -0.3 is 15.2 Å². The third kappa shape index (κ3) is 4.30. The lowest BCUT2D eigenvalue weighted by molar-refractivity contribution is -0.125. The van der Waals surface area contributed by atoms with Gasteiger partial charge in [0.1, 0.15) is 18.0 Å². The number of halogens is 1. The number of hydrogen-bond donors (Lipinski definition) is 2. The van der Waals surface area contributed by atoms with Crippen LogP contribution in [0.4, 0.5) is 5.69 Å². The topological polar surface area (TPSA) is 78.9 Å². The van der Waals surface area contributed by atoms with Crippen LogP contribution in [-0.4, -0.2) is 36.6 Å².